The quantitative estimate of drug-likeness (QED) is 0.448. The lowest BCUT2D eigenvalue weighted by Gasteiger charge is -2.13. The summed E-state index contributed by atoms with van der Waals surface area (Å²) in [4.78, 5) is 21.8. The molecule has 0 aliphatic carbocycles. The van der Waals surface area contributed by atoms with Crippen molar-refractivity contribution >= 4 is 28.7 Å². The van der Waals surface area contributed by atoms with E-state index in [1.807, 2.05) is 59.5 Å². The summed E-state index contributed by atoms with van der Waals surface area (Å²) in [6.07, 6.45) is 6.33. The zero-order valence-electron chi connectivity index (χ0n) is 17.4. The molecule has 0 aliphatic heterocycles. The Morgan fingerprint density at radius 2 is 2.00 bits per heavy atom. The summed E-state index contributed by atoms with van der Waals surface area (Å²) >= 11 is 1.57. The van der Waals surface area contributed by atoms with Crippen molar-refractivity contribution < 1.29 is 4.79 Å². The van der Waals surface area contributed by atoms with Gasteiger partial charge in [0.25, 0.3) is 5.91 Å². The number of fused-ring (bicyclic) bond motifs is 1. The second kappa shape index (κ2) is 8.75. The lowest BCUT2D eigenvalue weighted by atomic mass is 10.2. The molecule has 0 radical (unpaired) electrons. The average Bonchev–Trinajstić information content (AvgIpc) is 3.38. The highest BCUT2D eigenvalue weighted by Crippen LogP contribution is 2.21. The molecule has 154 valence electrons. The van der Waals surface area contributed by atoms with E-state index >= 15 is 0 Å². The van der Waals surface area contributed by atoms with Crippen molar-refractivity contribution in [2.75, 3.05) is 12.8 Å². The van der Waals surface area contributed by atoms with Crippen LogP contribution in [0.5, 0.6) is 0 Å². The fourth-order valence-corrected chi connectivity index (χ4v) is 4.20. The van der Waals surface area contributed by atoms with Gasteiger partial charge in [0.2, 0.25) is 0 Å². The Bertz CT molecular complexity index is 1180. The number of thioether (sulfide) groups is 1. The minimum atomic E-state index is -0.0881. The van der Waals surface area contributed by atoms with Crippen LogP contribution in [0.2, 0.25) is 0 Å². The molecule has 30 heavy (non-hydrogen) atoms. The maximum absolute atomic E-state index is 12.7. The first kappa shape index (κ1) is 20.2. The summed E-state index contributed by atoms with van der Waals surface area (Å²) in [6.45, 7) is 4.83. The fraction of sp³-hybridized carbons (Fsp3) is 0.261. The fourth-order valence-electron chi connectivity index (χ4n) is 3.67. The molecule has 6 nitrogen and oxygen atoms in total. The van der Waals surface area contributed by atoms with E-state index < -0.39 is 0 Å². The van der Waals surface area contributed by atoms with Crippen LogP contribution >= 0.6 is 11.8 Å². The number of hydrogen-bond donors (Lipinski definition) is 1. The number of rotatable bonds is 7. The maximum atomic E-state index is 12.7. The summed E-state index contributed by atoms with van der Waals surface area (Å²) in [5, 5.41) is 3.93. The molecule has 1 amide bonds. The van der Waals surface area contributed by atoms with Crippen molar-refractivity contribution in [1.82, 2.24) is 24.4 Å². The van der Waals surface area contributed by atoms with Crippen molar-refractivity contribution in [1.29, 1.82) is 0 Å². The predicted octanol–water partition coefficient (Wildman–Crippen LogP) is 4.50. The van der Waals surface area contributed by atoms with E-state index in [0.29, 0.717) is 24.6 Å². The monoisotopic (exact) mass is 419 g/mol. The number of benzene rings is 2. The summed E-state index contributed by atoms with van der Waals surface area (Å²) in [5.74, 6) is 0.901. The molecule has 0 saturated heterocycles. The van der Waals surface area contributed by atoms with E-state index in [1.54, 1.807) is 18.0 Å². The SMILES string of the molecule is CSc1nccn1-c1cccc(C(=O)NCCc2nc3ccccc3n2C(C)C)c1. The van der Waals surface area contributed by atoms with Crippen LogP contribution in [0.4, 0.5) is 0 Å². The first-order chi connectivity index (χ1) is 14.6. The van der Waals surface area contributed by atoms with Crippen molar-refractivity contribution in [3.8, 4) is 5.69 Å². The normalized spacial score (nSPS) is 11.3. The summed E-state index contributed by atoms with van der Waals surface area (Å²) in [7, 11) is 0. The Balaban J connectivity index is 1.47. The number of para-hydroxylation sites is 2. The second-order valence-corrected chi connectivity index (χ2v) is 8.09. The van der Waals surface area contributed by atoms with E-state index in [9.17, 15) is 4.79 Å². The molecule has 0 saturated carbocycles. The summed E-state index contributed by atoms with van der Waals surface area (Å²) < 4.78 is 4.22. The van der Waals surface area contributed by atoms with Gasteiger partial charge in [0, 0.05) is 42.7 Å². The van der Waals surface area contributed by atoms with E-state index in [-0.39, 0.29) is 5.91 Å². The van der Waals surface area contributed by atoms with E-state index in [1.165, 1.54) is 0 Å². The first-order valence-electron chi connectivity index (χ1n) is 10.0. The molecule has 0 aliphatic rings. The largest absolute Gasteiger partial charge is 0.352 e. The first-order valence-corrected chi connectivity index (χ1v) is 11.2. The van der Waals surface area contributed by atoms with Crippen molar-refractivity contribution in [3.63, 3.8) is 0 Å². The number of hydrogen-bond acceptors (Lipinski definition) is 4. The third kappa shape index (κ3) is 3.98. The van der Waals surface area contributed by atoms with Gasteiger partial charge in [0.1, 0.15) is 5.82 Å². The van der Waals surface area contributed by atoms with Gasteiger partial charge >= 0.3 is 0 Å². The van der Waals surface area contributed by atoms with Crippen LogP contribution in [0.25, 0.3) is 16.7 Å². The highest BCUT2D eigenvalue weighted by atomic mass is 32.2. The van der Waals surface area contributed by atoms with Crippen LogP contribution in [0.1, 0.15) is 36.1 Å². The summed E-state index contributed by atoms with van der Waals surface area (Å²) in [6, 6.07) is 16.1. The second-order valence-electron chi connectivity index (χ2n) is 7.32. The lowest BCUT2D eigenvalue weighted by Crippen LogP contribution is -2.26. The molecule has 0 unspecified atom stereocenters. The van der Waals surface area contributed by atoms with Crippen molar-refractivity contribution in [2.24, 2.45) is 0 Å². The predicted molar refractivity (Wildman–Crippen MR) is 122 cm³/mol. The van der Waals surface area contributed by atoms with Crippen LogP contribution in [-0.4, -0.2) is 37.8 Å². The van der Waals surface area contributed by atoms with Crippen LogP contribution in [-0.2, 0) is 6.42 Å². The molecule has 0 bridgehead atoms. The molecule has 0 atom stereocenters. The molecular weight excluding hydrogens is 394 g/mol. The molecule has 1 N–H and O–H groups in total. The topological polar surface area (TPSA) is 64.7 Å². The molecule has 4 aromatic rings. The number of nitrogens with one attached hydrogen (secondary N) is 1. The summed E-state index contributed by atoms with van der Waals surface area (Å²) in [5.41, 5.74) is 3.67. The Morgan fingerprint density at radius 1 is 1.17 bits per heavy atom. The molecule has 7 heteroatoms. The number of carbonyl (C=O) groups excluding carboxylic acids is 1. The van der Waals surface area contributed by atoms with Gasteiger partial charge in [-0.15, -0.1) is 0 Å². The van der Waals surface area contributed by atoms with Gasteiger partial charge in [0.15, 0.2) is 5.16 Å². The molecule has 4 rings (SSSR count). The van der Waals surface area contributed by atoms with Crippen LogP contribution in [0.15, 0.2) is 66.1 Å². The molecular formula is C23H25N5OS. The van der Waals surface area contributed by atoms with Gasteiger partial charge in [-0.25, -0.2) is 9.97 Å². The third-order valence-electron chi connectivity index (χ3n) is 5.00. The van der Waals surface area contributed by atoms with Gasteiger partial charge in [0.05, 0.1) is 11.0 Å². The zero-order chi connectivity index (χ0) is 21.1. The van der Waals surface area contributed by atoms with Crippen LogP contribution < -0.4 is 5.32 Å². The van der Waals surface area contributed by atoms with Gasteiger partial charge in [-0.2, -0.15) is 0 Å². The standard InChI is InChI=1S/C23H25N5OS/c1-16(2)28-20-10-5-4-9-19(20)26-21(28)11-12-24-22(29)17-7-6-8-18(15-17)27-14-13-25-23(27)30-3/h4-10,13-16H,11-12H2,1-3H3,(H,24,29). The van der Waals surface area contributed by atoms with Crippen LogP contribution in [0, 0.1) is 0 Å². The average molecular weight is 420 g/mol. The highest BCUT2D eigenvalue weighted by molar-refractivity contribution is 7.98. The third-order valence-corrected chi connectivity index (χ3v) is 5.66. The maximum Gasteiger partial charge on any atom is 0.251 e. The minimum Gasteiger partial charge on any atom is -0.352 e. The molecule has 2 aromatic heterocycles. The molecule has 0 fully saturated rings. The Morgan fingerprint density at radius 3 is 2.80 bits per heavy atom. The number of imidazole rings is 2. The number of nitrogens with zero attached hydrogens (tertiary/aromatic N) is 4. The van der Waals surface area contributed by atoms with E-state index in [0.717, 1.165) is 27.7 Å². The molecule has 2 heterocycles. The highest BCUT2D eigenvalue weighted by Gasteiger charge is 2.14. The number of carbonyl (C=O) groups is 1. The Labute approximate surface area is 180 Å². The van der Waals surface area contributed by atoms with Crippen molar-refractivity contribution in [3.05, 3.63) is 72.3 Å². The zero-order valence-corrected chi connectivity index (χ0v) is 18.2. The Kier molecular flexibility index (Phi) is 5.90. The van der Waals surface area contributed by atoms with Gasteiger partial charge < -0.3 is 9.88 Å². The van der Waals surface area contributed by atoms with Gasteiger partial charge in [-0.1, -0.05) is 30.0 Å². The van der Waals surface area contributed by atoms with Crippen LogP contribution in [0.3, 0.4) is 0 Å². The smallest absolute Gasteiger partial charge is 0.251 e. The van der Waals surface area contributed by atoms with Gasteiger partial charge in [-0.05, 0) is 50.4 Å². The van der Waals surface area contributed by atoms with Crippen molar-refractivity contribution in [2.45, 2.75) is 31.5 Å². The Hall–Kier alpha value is -3.06. The lowest BCUT2D eigenvalue weighted by molar-refractivity contribution is 0.0954. The molecule has 0 spiro atoms. The van der Waals surface area contributed by atoms with E-state index in [2.05, 4.69) is 34.8 Å². The van der Waals surface area contributed by atoms with E-state index in [4.69, 9.17) is 4.98 Å². The molecule has 2 aromatic carbocycles. The minimum absolute atomic E-state index is 0.0881. The van der Waals surface area contributed by atoms with Gasteiger partial charge in [-0.3, -0.25) is 9.36 Å². The number of amides is 1. The number of aromatic nitrogens is 4.